The Labute approximate surface area is 74.5 Å². The number of rotatable bonds is 1. The lowest BCUT2D eigenvalue weighted by Crippen LogP contribution is -2.33. The lowest BCUT2D eigenvalue weighted by atomic mass is 9.89. The van der Waals surface area contributed by atoms with Gasteiger partial charge >= 0.3 is 0 Å². The zero-order chi connectivity index (χ0) is 8.60. The zero-order valence-electron chi connectivity index (χ0n) is 7.88. The van der Waals surface area contributed by atoms with Crippen LogP contribution in [0.4, 0.5) is 0 Å². The quantitative estimate of drug-likeness (QED) is 0.648. The van der Waals surface area contributed by atoms with Gasteiger partial charge < -0.3 is 10.5 Å². The highest BCUT2D eigenvalue weighted by Gasteiger charge is 2.46. The second-order valence-electron chi connectivity index (χ2n) is 4.37. The average molecular weight is 169 g/mol. The fourth-order valence-electron chi connectivity index (χ4n) is 2.78. The number of hydrogen-bond acceptors (Lipinski definition) is 2. The highest BCUT2D eigenvalue weighted by Crippen LogP contribution is 2.46. The average Bonchev–Trinajstić information content (AvgIpc) is 2.63. The van der Waals surface area contributed by atoms with Crippen molar-refractivity contribution < 1.29 is 4.74 Å². The molecule has 1 saturated heterocycles. The molecule has 1 heterocycles. The topological polar surface area (TPSA) is 35.2 Å². The predicted molar refractivity (Wildman–Crippen MR) is 48.9 cm³/mol. The van der Waals surface area contributed by atoms with E-state index < -0.39 is 0 Å². The molecule has 2 heteroatoms. The third-order valence-electron chi connectivity index (χ3n) is 3.69. The van der Waals surface area contributed by atoms with Crippen molar-refractivity contribution in [1.82, 2.24) is 0 Å². The second-order valence-corrected chi connectivity index (χ2v) is 4.37. The summed E-state index contributed by atoms with van der Waals surface area (Å²) in [5.41, 5.74) is 5.85. The summed E-state index contributed by atoms with van der Waals surface area (Å²) < 4.78 is 6.05. The minimum Gasteiger partial charge on any atom is -0.370 e. The molecule has 2 nitrogen and oxygen atoms in total. The van der Waals surface area contributed by atoms with Crippen molar-refractivity contribution in [1.29, 1.82) is 0 Å². The third-order valence-corrected chi connectivity index (χ3v) is 3.69. The highest BCUT2D eigenvalue weighted by molar-refractivity contribution is 4.97. The SMILES string of the molecule is CC1CCCC12CCC(CN)O2. The molecule has 3 atom stereocenters. The first kappa shape index (κ1) is 8.52. The van der Waals surface area contributed by atoms with Crippen LogP contribution in [0, 0.1) is 5.92 Å². The Bertz CT molecular complexity index is 171. The van der Waals surface area contributed by atoms with Gasteiger partial charge in [-0.2, -0.15) is 0 Å². The Morgan fingerprint density at radius 2 is 2.25 bits per heavy atom. The first-order valence-electron chi connectivity index (χ1n) is 5.15. The van der Waals surface area contributed by atoms with Gasteiger partial charge in [-0.3, -0.25) is 0 Å². The van der Waals surface area contributed by atoms with Gasteiger partial charge in [0.15, 0.2) is 0 Å². The minimum atomic E-state index is 0.240. The minimum absolute atomic E-state index is 0.240. The van der Waals surface area contributed by atoms with E-state index in [9.17, 15) is 0 Å². The molecule has 0 bridgehead atoms. The van der Waals surface area contributed by atoms with Crippen molar-refractivity contribution >= 4 is 0 Å². The summed E-state index contributed by atoms with van der Waals surface area (Å²) in [5.74, 6) is 0.758. The summed E-state index contributed by atoms with van der Waals surface area (Å²) in [7, 11) is 0. The molecule has 1 spiro atoms. The van der Waals surface area contributed by atoms with Crippen LogP contribution in [-0.2, 0) is 4.74 Å². The molecule has 2 fully saturated rings. The molecule has 0 radical (unpaired) electrons. The molecule has 2 aliphatic rings. The zero-order valence-corrected chi connectivity index (χ0v) is 7.88. The molecule has 1 aliphatic carbocycles. The van der Waals surface area contributed by atoms with Crippen LogP contribution in [0.3, 0.4) is 0 Å². The maximum absolute atomic E-state index is 6.05. The maximum atomic E-state index is 6.05. The normalized spacial score (nSPS) is 47.5. The molecule has 0 aromatic carbocycles. The first-order valence-corrected chi connectivity index (χ1v) is 5.15. The Morgan fingerprint density at radius 1 is 1.42 bits per heavy atom. The van der Waals surface area contributed by atoms with Gasteiger partial charge in [0, 0.05) is 6.54 Å². The highest BCUT2D eigenvalue weighted by atomic mass is 16.5. The van der Waals surface area contributed by atoms with E-state index in [-0.39, 0.29) is 5.60 Å². The molecule has 2 N–H and O–H groups in total. The van der Waals surface area contributed by atoms with Crippen molar-refractivity contribution in [3.8, 4) is 0 Å². The molecule has 70 valence electrons. The standard InChI is InChI=1S/C10H19NO/c1-8-3-2-5-10(8)6-4-9(7-11)12-10/h8-9H,2-7,11H2,1H3. The summed E-state index contributed by atoms with van der Waals surface area (Å²) in [5, 5.41) is 0. The molecule has 0 amide bonds. The van der Waals surface area contributed by atoms with Gasteiger partial charge in [0.05, 0.1) is 11.7 Å². The van der Waals surface area contributed by atoms with Gasteiger partial charge in [0.25, 0.3) is 0 Å². The fourth-order valence-corrected chi connectivity index (χ4v) is 2.78. The molecular formula is C10H19NO. The Hall–Kier alpha value is -0.0800. The van der Waals surface area contributed by atoms with Crippen molar-refractivity contribution in [2.75, 3.05) is 6.54 Å². The van der Waals surface area contributed by atoms with Crippen molar-refractivity contribution in [3.05, 3.63) is 0 Å². The van der Waals surface area contributed by atoms with Crippen molar-refractivity contribution in [3.63, 3.8) is 0 Å². The van der Waals surface area contributed by atoms with E-state index in [2.05, 4.69) is 6.92 Å². The number of nitrogens with two attached hydrogens (primary N) is 1. The van der Waals surface area contributed by atoms with E-state index in [1.165, 1.54) is 32.1 Å². The van der Waals surface area contributed by atoms with Crippen LogP contribution < -0.4 is 5.73 Å². The molecule has 2 rings (SSSR count). The van der Waals surface area contributed by atoms with Gasteiger partial charge in [-0.25, -0.2) is 0 Å². The summed E-state index contributed by atoms with van der Waals surface area (Å²) in [6, 6.07) is 0. The molecule has 12 heavy (non-hydrogen) atoms. The van der Waals surface area contributed by atoms with E-state index in [0.29, 0.717) is 12.6 Å². The van der Waals surface area contributed by atoms with Gasteiger partial charge in [0.1, 0.15) is 0 Å². The molecule has 1 aliphatic heterocycles. The third kappa shape index (κ3) is 1.17. The molecule has 0 aromatic heterocycles. The van der Waals surface area contributed by atoms with Crippen LogP contribution in [0.1, 0.15) is 39.0 Å². The fraction of sp³-hybridized carbons (Fsp3) is 1.00. The van der Waals surface area contributed by atoms with Gasteiger partial charge in [0.2, 0.25) is 0 Å². The van der Waals surface area contributed by atoms with E-state index in [1.54, 1.807) is 0 Å². The smallest absolute Gasteiger partial charge is 0.0713 e. The Kier molecular flexibility index (Phi) is 2.13. The monoisotopic (exact) mass is 169 g/mol. The summed E-state index contributed by atoms with van der Waals surface area (Å²) in [6.07, 6.45) is 6.74. The maximum Gasteiger partial charge on any atom is 0.0713 e. The molecular weight excluding hydrogens is 150 g/mol. The summed E-state index contributed by atoms with van der Waals surface area (Å²) in [6.45, 7) is 3.03. The van der Waals surface area contributed by atoms with Crippen molar-refractivity contribution in [2.45, 2.75) is 50.7 Å². The summed E-state index contributed by atoms with van der Waals surface area (Å²) in [4.78, 5) is 0. The van der Waals surface area contributed by atoms with Crippen LogP contribution in [0.5, 0.6) is 0 Å². The molecule has 3 unspecified atom stereocenters. The van der Waals surface area contributed by atoms with Gasteiger partial charge in [-0.1, -0.05) is 13.3 Å². The van der Waals surface area contributed by atoms with Crippen LogP contribution in [0.2, 0.25) is 0 Å². The van der Waals surface area contributed by atoms with Crippen LogP contribution in [0.25, 0.3) is 0 Å². The Morgan fingerprint density at radius 3 is 2.75 bits per heavy atom. The van der Waals surface area contributed by atoms with E-state index >= 15 is 0 Å². The van der Waals surface area contributed by atoms with E-state index in [0.717, 1.165) is 5.92 Å². The lowest BCUT2D eigenvalue weighted by Gasteiger charge is -2.29. The Balaban J connectivity index is 2.04. The van der Waals surface area contributed by atoms with Crippen molar-refractivity contribution in [2.24, 2.45) is 11.7 Å². The van der Waals surface area contributed by atoms with Crippen LogP contribution in [0.15, 0.2) is 0 Å². The largest absolute Gasteiger partial charge is 0.370 e. The van der Waals surface area contributed by atoms with Gasteiger partial charge in [-0.15, -0.1) is 0 Å². The van der Waals surface area contributed by atoms with E-state index in [1.807, 2.05) is 0 Å². The van der Waals surface area contributed by atoms with Crippen LogP contribution in [-0.4, -0.2) is 18.2 Å². The van der Waals surface area contributed by atoms with E-state index in [4.69, 9.17) is 10.5 Å². The predicted octanol–water partition coefficient (Wildman–Crippen LogP) is 1.68. The summed E-state index contributed by atoms with van der Waals surface area (Å²) >= 11 is 0. The van der Waals surface area contributed by atoms with Crippen LogP contribution >= 0.6 is 0 Å². The molecule has 0 aromatic rings. The molecule has 1 saturated carbocycles. The number of ether oxygens (including phenoxy) is 1. The first-order chi connectivity index (χ1) is 5.77. The van der Waals surface area contributed by atoms with Gasteiger partial charge in [-0.05, 0) is 31.6 Å². The second kappa shape index (κ2) is 3.00. The lowest BCUT2D eigenvalue weighted by molar-refractivity contribution is -0.0580. The number of hydrogen-bond donors (Lipinski definition) is 1.